The Labute approximate surface area is 113 Å². The zero-order valence-electron chi connectivity index (χ0n) is 10.8. The number of benzene rings is 1. The van der Waals surface area contributed by atoms with E-state index >= 15 is 0 Å². The van der Waals surface area contributed by atoms with E-state index in [1.165, 1.54) is 11.1 Å². The van der Waals surface area contributed by atoms with Crippen LogP contribution < -0.4 is 0 Å². The zero-order valence-corrected chi connectivity index (χ0v) is 11.6. The van der Waals surface area contributed by atoms with Crippen LogP contribution in [0.2, 0.25) is 0 Å². The third kappa shape index (κ3) is 3.97. The molecule has 0 saturated carbocycles. The van der Waals surface area contributed by atoms with E-state index in [2.05, 4.69) is 48.0 Å². The molecule has 0 aliphatic carbocycles. The summed E-state index contributed by atoms with van der Waals surface area (Å²) in [5.74, 6) is 0.420. The molecule has 0 amide bonds. The molecule has 0 bridgehead atoms. The van der Waals surface area contributed by atoms with E-state index in [0.29, 0.717) is 5.92 Å². The summed E-state index contributed by atoms with van der Waals surface area (Å²) in [6.45, 7) is 2.18. The first-order valence-electron chi connectivity index (χ1n) is 6.50. The van der Waals surface area contributed by atoms with Gasteiger partial charge in [0.2, 0.25) is 0 Å². The minimum Gasteiger partial charge on any atom is -0.393 e. The van der Waals surface area contributed by atoms with Crippen LogP contribution in [0.25, 0.3) is 0 Å². The highest BCUT2D eigenvalue weighted by Gasteiger charge is 2.12. The van der Waals surface area contributed by atoms with Gasteiger partial charge in [-0.2, -0.15) is 11.3 Å². The Morgan fingerprint density at radius 1 is 1.17 bits per heavy atom. The van der Waals surface area contributed by atoms with Gasteiger partial charge in [0.05, 0.1) is 6.10 Å². The van der Waals surface area contributed by atoms with E-state index in [0.717, 1.165) is 19.3 Å². The maximum absolute atomic E-state index is 10.1. The number of hydrogen-bond donors (Lipinski definition) is 1. The molecule has 1 heterocycles. The van der Waals surface area contributed by atoms with Crippen LogP contribution in [0.3, 0.4) is 0 Å². The van der Waals surface area contributed by atoms with E-state index in [9.17, 15) is 5.11 Å². The Balaban J connectivity index is 1.78. The average molecular weight is 260 g/mol. The number of rotatable bonds is 6. The van der Waals surface area contributed by atoms with Crippen molar-refractivity contribution in [2.75, 3.05) is 0 Å². The minimum atomic E-state index is -0.208. The largest absolute Gasteiger partial charge is 0.393 e. The first-order valence-corrected chi connectivity index (χ1v) is 7.44. The lowest BCUT2D eigenvalue weighted by Gasteiger charge is -2.16. The van der Waals surface area contributed by atoms with Gasteiger partial charge in [0.25, 0.3) is 0 Å². The van der Waals surface area contributed by atoms with Gasteiger partial charge in [-0.25, -0.2) is 0 Å². The fourth-order valence-electron chi connectivity index (χ4n) is 2.21. The van der Waals surface area contributed by atoms with Gasteiger partial charge in [0.1, 0.15) is 0 Å². The lowest BCUT2D eigenvalue weighted by molar-refractivity contribution is 0.147. The summed E-state index contributed by atoms with van der Waals surface area (Å²) in [7, 11) is 0. The van der Waals surface area contributed by atoms with Crippen LogP contribution in [-0.2, 0) is 6.42 Å². The molecular weight excluding hydrogens is 240 g/mol. The molecule has 0 aliphatic heterocycles. The Bertz CT molecular complexity index is 435. The van der Waals surface area contributed by atoms with Crippen molar-refractivity contribution >= 4 is 11.3 Å². The molecule has 96 valence electrons. The Morgan fingerprint density at radius 2 is 1.94 bits per heavy atom. The molecular formula is C16H20OS. The van der Waals surface area contributed by atoms with Crippen LogP contribution in [0.5, 0.6) is 0 Å². The standard InChI is InChI=1S/C16H20OS/c1-13(15-5-3-2-4-6-15)11-16(17)8-7-14-9-10-18-12-14/h2-6,9-10,12-13,16-17H,7-8,11H2,1H3. The lowest BCUT2D eigenvalue weighted by atomic mass is 9.93. The highest BCUT2D eigenvalue weighted by Crippen LogP contribution is 2.22. The van der Waals surface area contributed by atoms with Crippen LogP contribution in [0.1, 0.15) is 36.8 Å². The normalized spacial score (nSPS) is 14.3. The molecule has 0 fully saturated rings. The van der Waals surface area contributed by atoms with Crippen molar-refractivity contribution in [1.82, 2.24) is 0 Å². The summed E-state index contributed by atoms with van der Waals surface area (Å²) < 4.78 is 0. The van der Waals surface area contributed by atoms with Gasteiger partial charge in [0.15, 0.2) is 0 Å². The van der Waals surface area contributed by atoms with Gasteiger partial charge in [-0.1, -0.05) is 37.3 Å². The number of thiophene rings is 1. The van der Waals surface area contributed by atoms with Gasteiger partial charge in [0, 0.05) is 0 Å². The number of hydrogen-bond acceptors (Lipinski definition) is 2. The molecule has 1 aromatic carbocycles. The van der Waals surface area contributed by atoms with Crippen LogP contribution in [0.15, 0.2) is 47.2 Å². The van der Waals surface area contributed by atoms with Crippen molar-refractivity contribution in [3.8, 4) is 0 Å². The fourth-order valence-corrected chi connectivity index (χ4v) is 2.91. The highest BCUT2D eigenvalue weighted by atomic mass is 32.1. The molecule has 2 unspecified atom stereocenters. The molecule has 0 aliphatic rings. The van der Waals surface area contributed by atoms with Crippen molar-refractivity contribution in [3.05, 3.63) is 58.3 Å². The molecule has 0 radical (unpaired) electrons. The number of aliphatic hydroxyl groups excluding tert-OH is 1. The van der Waals surface area contributed by atoms with E-state index < -0.39 is 0 Å². The summed E-state index contributed by atoms with van der Waals surface area (Å²) >= 11 is 1.72. The van der Waals surface area contributed by atoms with E-state index in [1.807, 2.05) is 6.07 Å². The smallest absolute Gasteiger partial charge is 0.0549 e. The molecule has 0 spiro atoms. The summed E-state index contributed by atoms with van der Waals surface area (Å²) in [5, 5.41) is 14.3. The summed E-state index contributed by atoms with van der Waals surface area (Å²) in [6.07, 6.45) is 2.47. The molecule has 2 aromatic rings. The quantitative estimate of drug-likeness (QED) is 0.824. The van der Waals surface area contributed by atoms with Gasteiger partial charge >= 0.3 is 0 Å². The first kappa shape index (κ1) is 13.3. The van der Waals surface area contributed by atoms with E-state index in [4.69, 9.17) is 0 Å². The zero-order chi connectivity index (χ0) is 12.8. The molecule has 0 saturated heterocycles. The fraction of sp³-hybridized carbons (Fsp3) is 0.375. The van der Waals surface area contributed by atoms with Gasteiger partial charge in [-0.15, -0.1) is 0 Å². The predicted octanol–water partition coefficient (Wildman–Crippen LogP) is 4.24. The molecule has 2 rings (SSSR count). The minimum absolute atomic E-state index is 0.208. The second-order valence-electron chi connectivity index (χ2n) is 4.87. The van der Waals surface area contributed by atoms with Crippen LogP contribution in [0.4, 0.5) is 0 Å². The van der Waals surface area contributed by atoms with Crippen molar-refractivity contribution < 1.29 is 5.11 Å². The van der Waals surface area contributed by atoms with E-state index in [1.54, 1.807) is 11.3 Å². The van der Waals surface area contributed by atoms with Crippen LogP contribution in [0, 0.1) is 0 Å². The highest BCUT2D eigenvalue weighted by molar-refractivity contribution is 7.07. The molecule has 18 heavy (non-hydrogen) atoms. The van der Waals surface area contributed by atoms with Crippen LogP contribution >= 0.6 is 11.3 Å². The Morgan fingerprint density at radius 3 is 2.61 bits per heavy atom. The first-order chi connectivity index (χ1) is 8.75. The Kier molecular flexibility index (Phi) is 4.97. The monoisotopic (exact) mass is 260 g/mol. The van der Waals surface area contributed by atoms with Gasteiger partial charge < -0.3 is 5.11 Å². The summed E-state index contributed by atoms with van der Waals surface area (Å²) in [6, 6.07) is 12.6. The van der Waals surface area contributed by atoms with E-state index in [-0.39, 0.29) is 6.10 Å². The topological polar surface area (TPSA) is 20.2 Å². The maximum atomic E-state index is 10.1. The van der Waals surface area contributed by atoms with Crippen molar-refractivity contribution in [2.45, 2.75) is 38.2 Å². The SMILES string of the molecule is CC(CC(O)CCc1ccsc1)c1ccccc1. The third-order valence-corrected chi connectivity index (χ3v) is 4.07. The van der Waals surface area contributed by atoms with Crippen molar-refractivity contribution in [2.24, 2.45) is 0 Å². The molecule has 1 nitrogen and oxygen atoms in total. The van der Waals surface area contributed by atoms with Crippen molar-refractivity contribution in [1.29, 1.82) is 0 Å². The average Bonchev–Trinajstić information content (AvgIpc) is 2.90. The Hall–Kier alpha value is -1.12. The molecule has 2 heteroatoms. The molecule has 1 aromatic heterocycles. The summed E-state index contributed by atoms with van der Waals surface area (Å²) in [4.78, 5) is 0. The molecule has 2 atom stereocenters. The summed E-state index contributed by atoms with van der Waals surface area (Å²) in [5.41, 5.74) is 2.65. The predicted molar refractivity (Wildman–Crippen MR) is 78.1 cm³/mol. The maximum Gasteiger partial charge on any atom is 0.0549 e. The van der Waals surface area contributed by atoms with Gasteiger partial charge in [-0.3, -0.25) is 0 Å². The number of aliphatic hydroxyl groups is 1. The van der Waals surface area contributed by atoms with Crippen molar-refractivity contribution in [3.63, 3.8) is 0 Å². The second-order valence-corrected chi connectivity index (χ2v) is 5.65. The lowest BCUT2D eigenvalue weighted by Crippen LogP contribution is -2.11. The van der Waals surface area contributed by atoms with Gasteiger partial charge in [-0.05, 0) is 53.1 Å². The molecule has 1 N–H and O–H groups in total. The van der Waals surface area contributed by atoms with Crippen LogP contribution in [-0.4, -0.2) is 11.2 Å². The third-order valence-electron chi connectivity index (χ3n) is 3.34. The number of aryl methyl sites for hydroxylation is 1. The second kappa shape index (κ2) is 6.72.